The number of carbonyl (C=O) groups is 1. The van der Waals surface area contributed by atoms with Crippen molar-refractivity contribution >= 4 is 11.7 Å². The van der Waals surface area contributed by atoms with Crippen LogP contribution in [0.1, 0.15) is 11.1 Å². The lowest BCUT2D eigenvalue weighted by molar-refractivity contribution is -0.386. The van der Waals surface area contributed by atoms with Crippen LogP contribution in [0.15, 0.2) is 12.1 Å². The lowest BCUT2D eigenvalue weighted by Gasteiger charge is -2.08. The second-order valence-electron chi connectivity index (χ2n) is 3.30. The van der Waals surface area contributed by atoms with Crippen LogP contribution >= 0.6 is 0 Å². The fourth-order valence-corrected chi connectivity index (χ4v) is 1.36. The van der Waals surface area contributed by atoms with Gasteiger partial charge in [-0.15, -0.1) is 0 Å². The highest BCUT2D eigenvalue weighted by molar-refractivity contribution is 5.72. The van der Waals surface area contributed by atoms with E-state index in [0.717, 1.165) is 6.07 Å². The Hall–Kier alpha value is -2.76. The molecule has 0 saturated heterocycles. The topological polar surface area (TPSA) is 113 Å². The van der Waals surface area contributed by atoms with Gasteiger partial charge in [0.2, 0.25) is 5.75 Å². The molecule has 7 nitrogen and oxygen atoms in total. The lowest BCUT2D eigenvalue weighted by atomic mass is 10.0. The molecule has 0 fully saturated rings. The SMILES string of the molecule is N#Cc1cc([N+](=O)[O-])c(OC(F)F)cc1CC(=O)O. The van der Waals surface area contributed by atoms with Gasteiger partial charge in [-0.1, -0.05) is 0 Å². The van der Waals surface area contributed by atoms with Crippen molar-refractivity contribution in [3.63, 3.8) is 0 Å². The molecule has 0 unspecified atom stereocenters. The summed E-state index contributed by atoms with van der Waals surface area (Å²) in [5.74, 6) is -2.09. The van der Waals surface area contributed by atoms with Gasteiger partial charge in [0.1, 0.15) is 0 Å². The molecule has 1 aromatic rings. The second kappa shape index (κ2) is 5.72. The van der Waals surface area contributed by atoms with Gasteiger partial charge >= 0.3 is 18.3 Å². The van der Waals surface area contributed by atoms with Gasteiger partial charge in [0.25, 0.3) is 0 Å². The van der Waals surface area contributed by atoms with Gasteiger partial charge in [0.05, 0.1) is 23.0 Å². The Kier molecular flexibility index (Phi) is 4.31. The summed E-state index contributed by atoms with van der Waals surface area (Å²) in [7, 11) is 0. The molecule has 0 spiro atoms. The number of hydrogen-bond donors (Lipinski definition) is 1. The molecule has 9 heteroatoms. The van der Waals surface area contributed by atoms with Crippen molar-refractivity contribution in [3.05, 3.63) is 33.4 Å². The Morgan fingerprint density at radius 2 is 2.21 bits per heavy atom. The van der Waals surface area contributed by atoms with Crippen molar-refractivity contribution in [1.29, 1.82) is 5.26 Å². The van der Waals surface area contributed by atoms with Crippen LogP contribution in [0.4, 0.5) is 14.5 Å². The average molecular weight is 272 g/mol. The molecule has 0 bridgehead atoms. The molecule has 0 amide bonds. The van der Waals surface area contributed by atoms with Gasteiger partial charge in [-0.2, -0.15) is 14.0 Å². The fourth-order valence-electron chi connectivity index (χ4n) is 1.36. The van der Waals surface area contributed by atoms with E-state index in [1.807, 2.05) is 0 Å². The van der Waals surface area contributed by atoms with E-state index in [2.05, 4.69) is 4.74 Å². The minimum absolute atomic E-state index is 0.142. The molecule has 0 atom stereocenters. The first-order chi connectivity index (χ1) is 8.85. The third-order valence-corrected chi connectivity index (χ3v) is 2.06. The quantitative estimate of drug-likeness (QED) is 0.644. The summed E-state index contributed by atoms with van der Waals surface area (Å²) < 4.78 is 28.2. The molecular weight excluding hydrogens is 266 g/mol. The van der Waals surface area contributed by atoms with Gasteiger partial charge in [0, 0.05) is 6.07 Å². The Labute approximate surface area is 104 Å². The Balaban J connectivity index is 3.38. The summed E-state index contributed by atoms with van der Waals surface area (Å²) in [6.07, 6.45) is -0.638. The van der Waals surface area contributed by atoms with Crippen LogP contribution in [-0.4, -0.2) is 22.6 Å². The number of rotatable bonds is 5. The zero-order valence-electron chi connectivity index (χ0n) is 9.17. The van der Waals surface area contributed by atoms with Crippen LogP contribution in [0.5, 0.6) is 5.75 Å². The van der Waals surface area contributed by atoms with Crippen molar-refractivity contribution in [1.82, 2.24) is 0 Å². The molecule has 1 aromatic carbocycles. The van der Waals surface area contributed by atoms with E-state index in [9.17, 15) is 23.7 Å². The molecule has 0 aromatic heterocycles. The maximum Gasteiger partial charge on any atom is 0.387 e. The van der Waals surface area contributed by atoms with E-state index >= 15 is 0 Å². The minimum atomic E-state index is -3.30. The maximum atomic E-state index is 12.1. The fraction of sp³-hybridized carbons (Fsp3) is 0.200. The average Bonchev–Trinajstić information content (AvgIpc) is 2.27. The summed E-state index contributed by atoms with van der Waals surface area (Å²) in [5, 5.41) is 28.0. The van der Waals surface area contributed by atoms with Gasteiger partial charge < -0.3 is 9.84 Å². The van der Waals surface area contributed by atoms with Crippen LogP contribution in [0, 0.1) is 21.4 Å². The molecule has 0 radical (unpaired) electrons. The zero-order chi connectivity index (χ0) is 14.6. The summed E-state index contributed by atoms with van der Waals surface area (Å²) in [5.41, 5.74) is -1.25. The first-order valence-corrected chi connectivity index (χ1v) is 4.73. The molecule has 19 heavy (non-hydrogen) atoms. The van der Waals surface area contributed by atoms with E-state index in [-0.39, 0.29) is 11.1 Å². The minimum Gasteiger partial charge on any atom is -0.481 e. The van der Waals surface area contributed by atoms with E-state index in [4.69, 9.17) is 10.4 Å². The monoisotopic (exact) mass is 272 g/mol. The number of nitrogens with zero attached hydrogens (tertiary/aromatic N) is 2. The summed E-state index contributed by atoms with van der Waals surface area (Å²) in [6, 6.07) is 3.03. The van der Waals surface area contributed by atoms with Crippen molar-refractivity contribution in [3.8, 4) is 11.8 Å². The molecule has 0 aliphatic rings. The lowest BCUT2D eigenvalue weighted by Crippen LogP contribution is -2.08. The molecule has 0 saturated carbocycles. The highest BCUT2D eigenvalue weighted by Crippen LogP contribution is 2.32. The first kappa shape index (κ1) is 14.3. The molecular formula is C10H6F2N2O5. The van der Waals surface area contributed by atoms with Crippen molar-refractivity contribution in [2.45, 2.75) is 13.0 Å². The molecule has 0 heterocycles. The van der Waals surface area contributed by atoms with E-state index < -0.39 is 35.4 Å². The van der Waals surface area contributed by atoms with Crippen LogP contribution < -0.4 is 4.74 Å². The number of carboxylic acid groups (broad SMARTS) is 1. The number of ether oxygens (including phenoxy) is 1. The summed E-state index contributed by atoms with van der Waals surface area (Å²) in [6.45, 7) is -3.30. The largest absolute Gasteiger partial charge is 0.481 e. The highest BCUT2D eigenvalue weighted by atomic mass is 19.3. The van der Waals surface area contributed by atoms with Crippen LogP contribution in [0.3, 0.4) is 0 Å². The summed E-state index contributed by atoms with van der Waals surface area (Å²) >= 11 is 0. The van der Waals surface area contributed by atoms with Crippen molar-refractivity contribution < 1.29 is 28.3 Å². The van der Waals surface area contributed by atoms with E-state index in [0.29, 0.717) is 6.07 Å². The van der Waals surface area contributed by atoms with Gasteiger partial charge in [0.15, 0.2) is 0 Å². The number of nitriles is 1. The van der Waals surface area contributed by atoms with Gasteiger partial charge in [-0.3, -0.25) is 14.9 Å². The Morgan fingerprint density at radius 3 is 2.63 bits per heavy atom. The smallest absolute Gasteiger partial charge is 0.387 e. The second-order valence-corrected chi connectivity index (χ2v) is 3.30. The standard InChI is InChI=1S/C10H6F2N2O5/c11-10(12)19-8-2-5(3-9(15)16)6(4-13)1-7(8)14(17)18/h1-2,10H,3H2,(H,15,16). The highest BCUT2D eigenvalue weighted by Gasteiger charge is 2.22. The molecule has 1 rings (SSSR count). The van der Waals surface area contributed by atoms with Gasteiger partial charge in [-0.25, -0.2) is 0 Å². The first-order valence-electron chi connectivity index (χ1n) is 4.73. The summed E-state index contributed by atoms with van der Waals surface area (Å²) in [4.78, 5) is 20.2. The predicted octanol–water partition coefficient (Wildman–Crippen LogP) is 1.69. The van der Waals surface area contributed by atoms with Crippen LogP contribution in [0.25, 0.3) is 0 Å². The number of benzene rings is 1. The molecule has 0 aliphatic heterocycles. The number of aliphatic carboxylic acids is 1. The number of hydrogen-bond acceptors (Lipinski definition) is 5. The third-order valence-electron chi connectivity index (χ3n) is 2.06. The molecule has 0 aliphatic carbocycles. The predicted molar refractivity (Wildman–Crippen MR) is 55.8 cm³/mol. The van der Waals surface area contributed by atoms with Crippen LogP contribution in [0.2, 0.25) is 0 Å². The van der Waals surface area contributed by atoms with Gasteiger partial charge in [-0.05, 0) is 11.6 Å². The zero-order valence-corrected chi connectivity index (χ0v) is 9.17. The number of halogens is 2. The van der Waals surface area contributed by atoms with E-state index in [1.54, 1.807) is 6.07 Å². The third kappa shape index (κ3) is 3.60. The number of nitro benzene ring substituents is 1. The number of nitro groups is 1. The van der Waals surface area contributed by atoms with E-state index in [1.165, 1.54) is 0 Å². The van der Waals surface area contributed by atoms with Crippen LogP contribution in [-0.2, 0) is 11.2 Å². The normalized spacial score (nSPS) is 10.0. The Morgan fingerprint density at radius 1 is 1.58 bits per heavy atom. The number of carboxylic acids is 1. The van der Waals surface area contributed by atoms with Crippen molar-refractivity contribution in [2.75, 3.05) is 0 Å². The molecule has 100 valence electrons. The molecule has 1 N–H and O–H groups in total. The maximum absolute atomic E-state index is 12.1. The Bertz CT molecular complexity index is 568. The number of alkyl halides is 2. The van der Waals surface area contributed by atoms with Crippen molar-refractivity contribution in [2.24, 2.45) is 0 Å².